The van der Waals surface area contributed by atoms with Crippen molar-refractivity contribution in [3.8, 4) is 0 Å². The van der Waals surface area contributed by atoms with Gasteiger partial charge >= 0.3 is 0 Å². The van der Waals surface area contributed by atoms with Gasteiger partial charge in [-0.2, -0.15) is 0 Å². The molecule has 1 aromatic heterocycles. The van der Waals surface area contributed by atoms with E-state index in [1.807, 2.05) is 6.07 Å². The van der Waals surface area contributed by atoms with Crippen molar-refractivity contribution in [2.45, 2.75) is 19.4 Å². The van der Waals surface area contributed by atoms with Crippen LogP contribution < -0.4 is 11.0 Å². The Morgan fingerprint density at radius 3 is 2.78 bits per heavy atom. The molecule has 1 saturated heterocycles. The second kappa shape index (κ2) is 7.03. The lowest BCUT2D eigenvalue weighted by molar-refractivity contribution is -0.128. The van der Waals surface area contributed by atoms with Crippen LogP contribution in [-0.2, 0) is 11.3 Å². The van der Waals surface area contributed by atoms with Crippen LogP contribution in [0.4, 0.5) is 0 Å². The maximum atomic E-state index is 12.6. The van der Waals surface area contributed by atoms with Gasteiger partial charge in [-0.05, 0) is 36.2 Å². The van der Waals surface area contributed by atoms with E-state index in [0.717, 1.165) is 23.2 Å². The van der Waals surface area contributed by atoms with Gasteiger partial charge in [-0.25, -0.2) is 9.66 Å². The normalized spacial score (nSPS) is 13.9. The highest BCUT2D eigenvalue weighted by Gasteiger charge is 2.20. The zero-order valence-electron chi connectivity index (χ0n) is 14.6. The molecule has 7 heteroatoms. The predicted octanol–water partition coefficient (Wildman–Crippen LogP) is 1.90. The minimum atomic E-state index is -0.413. The molecule has 3 aromatic rings. The van der Waals surface area contributed by atoms with Crippen LogP contribution in [-0.4, -0.2) is 32.9 Å². The summed E-state index contributed by atoms with van der Waals surface area (Å²) in [5, 5.41) is 0.432. The molecular formula is C20H18N4O3. The van der Waals surface area contributed by atoms with Gasteiger partial charge in [0.15, 0.2) is 0 Å². The molecule has 27 heavy (non-hydrogen) atoms. The summed E-state index contributed by atoms with van der Waals surface area (Å²) in [6, 6.07) is 14.0. The van der Waals surface area contributed by atoms with E-state index < -0.39 is 5.91 Å². The van der Waals surface area contributed by atoms with Crippen molar-refractivity contribution in [2.24, 2.45) is 0 Å². The Morgan fingerprint density at radius 2 is 1.96 bits per heavy atom. The number of hydrogen-bond acceptors (Lipinski definition) is 4. The van der Waals surface area contributed by atoms with Gasteiger partial charge in [-0.1, -0.05) is 24.3 Å². The van der Waals surface area contributed by atoms with E-state index in [1.165, 1.54) is 6.33 Å². The topological polar surface area (TPSA) is 84.3 Å². The Bertz CT molecular complexity index is 1090. The summed E-state index contributed by atoms with van der Waals surface area (Å²) < 4.78 is 1.08. The molecule has 0 radical (unpaired) electrons. The first-order valence-electron chi connectivity index (χ1n) is 8.76. The summed E-state index contributed by atoms with van der Waals surface area (Å²) in [6.45, 7) is 1.23. The van der Waals surface area contributed by atoms with Gasteiger partial charge in [0.05, 0.1) is 10.9 Å². The summed E-state index contributed by atoms with van der Waals surface area (Å²) in [4.78, 5) is 42.8. The molecule has 2 heterocycles. The van der Waals surface area contributed by atoms with E-state index >= 15 is 0 Å². The highest BCUT2D eigenvalue weighted by Crippen LogP contribution is 2.15. The van der Waals surface area contributed by atoms with E-state index in [9.17, 15) is 14.4 Å². The zero-order valence-corrected chi connectivity index (χ0v) is 14.6. The summed E-state index contributed by atoms with van der Waals surface area (Å²) in [6.07, 6.45) is 2.75. The van der Waals surface area contributed by atoms with E-state index in [2.05, 4.69) is 10.4 Å². The maximum Gasteiger partial charge on any atom is 0.280 e. The van der Waals surface area contributed by atoms with Gasteiger partial charge in [0.25, 0.3) is 11.5 Å². The lowest BCUT2D eigenvalue weighted by Gasteiger charge is -2.16. The molecule has 1 aliphatic rings. The summed E-state index contributed by atoms with van der Waals surface area (Å²) in [7, 11) is 0. The molecule has 136 valence electrons. The second-order valence-electron chi connectivity index (χ2n) is 6.50. The third-order valence-electron chi connectivity index (χ3n) is 4.62. The highest BCUT2D eigenvalue weighted by molar-refractivity contribution is 6.00. The van der Waals surface area contributed by atoms with Crippen LogP contribution in [0.2, 0.25) is 0 Å². The molecule has 7 nitrogen and oxygen atoms in total. The fourth-order valence-electron chi connectivity index (χ4n) is 3.23. The molecule has 0 unspecified atom stereocenters. The van der Waals surface area contributed by atoms with Gasteiger partial charge in [-0.3, -0.25) is 19.8 Å². The number of carbonyl (C=O) groups is 2. The Hall–Kier alpha value is -3.48. The van der Waals surface area contributed by atoms with E-state index in [4.69, 9.17) is 0 Å². The number of nitrogens with one attached hydrogen (secondary N) is 1. The summed E-state index contributed by atoms with van der Waals surface area (Å²) >= 11 is 0. The predicted molar refractivity (Wildman–Crippen MR) is 101 cm³/mol. The standard InChI is InChI=1S/C20H18N4O3/c25-18-9-4-10-23(18)12-14-5-3-6-15(11-14)19(26)22-24-13-21-17-8-2-1-7-16(17)20(24)27/h1-3,5-8,11,13H,4,9-10,12H2,(H,22,26). The number of para-hydroxylation sites is 1. The van der Waals surface area contributed by atoms with Gasteiger partial charge in [-0.15, -0.1) is 0 Å². The fraction of sp³-hybridized carbons (Fsp3) is 0.200. The Balaban J connectivity index is 1.55. The van der Waals surface area contributed by atoms with Gasteiger partial charge in [0.2, 0.25) is 5.91 Å². The SMILES string of the molecule is O=C(Nn1cnc2ccccc2c1=O)c1cccc(CN2CCCC2=O)c1. The van der Waals surface area contributed by atoms with Crippen molar-refractivity contribution >= 4 is 22.7 Å². The van der Waals surface area contributed by atoms with Crippen molar-refractivity contribution in [3.63, 3.8) is 0 Å². The van der Waals surface area contributed by atoms with Gasteiger partial charge in [0.1, 0.15) is 6.33 Å². The number of hydrogen-bond donors (Lipinski definition) is 1. The number of nitrogens with zero attached hydrogens (tertiary/aromatic N) is 3. The number of rotatable bonds is 4. The molecule has 1 aliphatic heterocycles. The molecule has 1 N–H and O–H groups in total. The lowest BCUT2D eigenvalue weighted by Crippen LogP contribution is -2.33. The molecule has 0 atom stereocenters. The van der Waals surface area contributed by atoms with Crippen LogP contribution in [0.3, 0.4) is 0 Å². The fourth-order valence-corrected chi connectivity index (χ4v) is 3.23. The average molecular weight is 362 g/mol. The molecule has 0 aliphatic carbocycles. The molecule has 1 fully saturated rings. The largest absolute Gasteiger partial charge is 0.338 e. The first-order chi connectivity index (χ1) is 13.1. The van der Waals surface area contributed by atoms with Crippen LogP contribution in [0.1, 0.15) is 28.8 Å². The van der Waals surface area contributed by atoms with Crippen molar-refractivity contribution in [2.75, 3.05) is 12.0 Å². The van der Waals surface area contributed by atoms with Crippen LogP contribution in [0.25, 0.3) is 10.9 Å². The minimum Gasteiger partial charge on any atom is -0.338 e. The smallest absolute Gasteiger partial charge is 0.280 e. The molecule has 2 aromatic carbocycles. The van der Waals surface area contributed by atoms with Crippen LogP contribution in [0.5, 0.6) is 0 Å². The lowest BCUT2D eigenvalue weighted by atomic mass is 10.1. The van der Waals surface area contributed by atoms with Crippen molar-refractivity contribution in [1.29, 1.82) is 0 Å². The minimum absolute atomic E-state index is 0.138. The number of benzene rings is 2. The number of likely N-dealkylation sites (tertiary alicyclic amines) is 1. The van der Waals surface area contributed by atoms with Gasteiger partial charge in [0, 0.05) is 25.1 Å². The molecule has 0 saturated carbocycles. The van der Waals surface area contributed by atoms with E-state index in [1.54, 1.807) is 47.4 Å². The van der Waals surface area contributed by atoms with Gasteiger partial charge < -0.3 is 4.90 Å². The second-order valence-corrected chi connectivity index (χ2v) is 6.50. The summed E-state index contributed by atoms with van der Waals surface area (Å²) in [5.41, 5.74) is 4.10. The Morgan fingerprint density at radius 1 is 1.11 bits per heavy atom. The number of carbonyl (C=O) groups excluding carboxylic acids is 2. The first kappa shape index (κ1) is 17.0. The third-order valence-corrected chi connectivity index (χ3v) is 4.62. The average Bonchev–Trinajstić information content (AvgIpc) is 3.09. The number of aromatic nitrogens is 2. The molecule has 4 rings (SSSR count). The third kappa shape index (κ3) is 3.44. The molecule has 0 spiro atoms. The number of fused-ring (bicyclic) bond motifs is 1. The zero-order chi connectivity index (χ0) is 18.8. The maximum absolute atomic E-state index is 12.6. The van der Waals surface area contributed by atoms with Crippen LogP contribution in [0, 0.1) is 0 Å². The molecule has 2 amide bonds. The molecule has 0 bridgehead atoms. The van der Waals surface area contributed by atoms with E-state index in [0.29, 0.717) is 29.4 Å². The monoisotopic (exact) mass is 362 g/mol. The highest BCUT2D eigenvalue weighted by atomic mass is 16.2. The summed E-state index contributed by atoms with van der Waals surface area (Å²) in [5.74, 6) is -0.276. The quantitative estimate of drug-likeness (QED) is 0.768. The van der Waals surface area contributed by atoms with Crippen molar-refractivity contribution < 1.29 is 9.59 Å². The first-order valence-corrected chi connectivity index (χ1v) is 8.76. The van der Waals surface area contributed by atoms with E-state index in [-0.39, 0.29) is 11.5 Å². The molecular weight excluding hydrogens is 344 g/mol. The van der Waals surface area contributed by atoms with Crippen LogP contribution >= 0.6 is 0 Å². The van der Waals surface area contributed by atoms with Crippen LogP contribution in [0.15, 0.2) is 59.7 Å². The van der Waals surface area contributed by atoms with Crippen molar-refractivity contribution in [3.05, 3.63) is 76.3 Å². The van der Waals surface area contributed by atoms with Crippen molar-refractivity contribution in [1.82, 2.24) is 14.6 Å². The Kier molecular flexibility index (Phi) is 4.42. The Labute approximate surface area is 155 Å². The number of amides is 2.